The summed E-state index contributed by atoms with van der Waals surface area (Å²) >= 11 is 0. The van der Waals surface area contributed by atoms with Gasteiger partial charge in [-0.3, -0.25) is 0 Å². The molecule has 1 aromatic rings. The fourth-order valence-corrected chi connectivity index (χ4v) is 1.83. The van der Waals surface area contributed by atoms with E-state index >= 15 is 0 Å². The van der Waals surface area contributed by atoms with Crippen LogP contribution in [0.5, 0.6) is 5.75 Å². The lowest BCUT2D eigenvalue weighted by molar-refractivity contribution is 0.0542. The van der Waals surface area contributed by atoms with Gasteiger partial charge in [0, 0.05) is 6.54 Å². The molecule has 0 aliphatic carbocycles. The van der Waals surface area contributed by atoms with Crippen LogP contribution in [0.25, 0.3) is 0 Å². The molecule has 0 spiro atoms. The fourth-order valence-electron chi connectivity index (χ4n) is 1.83. The number of nitrogens with one attached hydrogen (secondary N) is 1. The van der Waals surface area contributed by atoms with Crippen LogP contribution in [0.15, 0.2) is 24.3 Å². The molecule has 1 heterocycles. The van der Waals surface area contributed by atoms with Crippen molar-refractivity contribution in [2.45, 2.75) is 26.1 Å². The molecule has 16 heavy (non-hydrogen) atoms. The highest BCUT2D eigenvalue weighted by atomic mass is 16.5. The highest BCUT2D eigenvalue weighted by Crippen LogP contribution is 2.14. The van der Waals surface area contributed by atoms with E-state index in [4.69, 9.17) is 9.47 Å². The summed E-state index contributed by atoms with van der Waals surface area (Å²) in [6.45, 7) is 5.46. The second-order valence-electron chi connectivity index (χ2n) is 4.00. The van der Waals surface area contributed by atoms with Crippen LogP contribution in [0.1, 0.15) is 18.9 Å². The van der Waals surface area contributed by atoms with Crippen LogP contribution in [0.3, 0.4) is 0 Å². The first-order valence-electron chi connectivity index (χ1n) is 5.92. The van der Waals surface area contributed by atoms with Gasteiger partial charge < -0.3 is 14.8 Å². The molecule has 1 N–H and O–H groups in total. The maximum atomic E-state index is 5.79. The summed E-state index contributed by atoms with van der Waals surface area (Å²) in [6, 6.07) is 8.12. The Balaban J connectivity index is 1.80. The molecule has 0 unspecified atom stereocenters. The smallest absolute Gasteiger partial charge is 0.119 e. The summed E-state index contributed by atoms with van der Waals surface area (Å²) < 4.78 is 11.2. The van der Waals surface area contributed by atoms with Gasteiger partial charge in [-0.1, -0.05) is 12.1 Å². The number of rotatable bonds is 5. The molecule has 0 bridgehead atoms. The van der Waals surface area contributed by atoms with E-state index in [0.29, 0.717) is 19.3 Å². The molecule has 2 rings (SSSR count). The van der Waals surface area contributed by atoms with Crippen LogP contribution in [0.2, 0.25) is 0 Å². The fraction of sp³-hybridized carbons (Fsp3) is 0.538. The Kier molecular flexibility index (Phi) is 4.19. The quantitative estimate of drug-likeness (QED) is 0.824. The topological polar surface area (TPSA) is 30.5 Å². The van der Waals surface area contributed by atoms with E-state index in [1.165, 1.54) is 5.56 Å². The summed E-state index contributed by atoms with van der Waals surface area (Å²) in [5, 5.41) is 3.29. The van der Waals surface area contributed by atoms with Crippen molar-refractivity contribution in [2.75, 3.05) is 19.7 Å². The van der Waals surface area contributed by atoms with Gasteiger partial charge in [-0.2, -0.15) is 0 Å². The average Bonchev–Trinajstić information content (AvgIpc) is 2.82. The molecule has 3 heteroatoms. The first-order valence-corrected chi connectivity index (χ1v) is 5.92. The zero-order chi connectivity index (χ0) is 11.2. The van der Waals surface area contributed by atoms with Crippen molar-refractivity contribution in [3.63, 3.8) is 0 Å². The van der Waals surface area contributed by atoms with Gasteiger partial charge in [-0.05, 0) is 37.6 Å². The zero-order valence-electron chi connectivity index (χ0n) is 9.74. The van der Waals surface area contributed by atoms with Crippen molar-refractivity contribution in [1.82, 2.24) is 5.32 Å². The van der Waals surface area contributed by atoms with E-state index in [1.54, 1.807) is 0 Å². The van der Waals surface area contributed by atoms with Gasteiger partial charge >= 0.3 is 0 Å². The molecular weight excluding hydrogens is 202 g/mol. The lowest BCUT2D eigenvalue weighted by Gasteiger charge is -2.10. The lowest BCUT2D eigenvalue weighted by Crippen LogP contribution is -2.16. The molecule has 1 aliphatic rings. The molecular formula is C13H19NO2. The first kappa shape index (κ1) is 11.4. The summed E-state index contributed by atoms with van der Waals surface area (Å²) in [6.07, 6.45) is 1.50. The summed E-state index contributed by atoms with van der Waals surface area (Å²) in [4.78, 5) is 0. The predicted molar refractivity (Wildman–Crippen MR) is 63.7 cm³/mol. The second-order valence-corrected chi connectivity index (χ2v) is 4.00. The highest BCUT2D eigenvalue weighted by molar-refractivity contribution is 5.26. The van der Waals surface area contributed by atoms with Gasteiger partial charge in [0.15, 0.2) is 0 Å². The van der Waals surface area contributed by atoms with Crippen molar-refractivity contribution in [3.05, 3.63) is 29.8 Å². The van der Waals surface area contributed by atoms with E-state index in [2.05, 4.69) is 17.4 Å². The third-order valence-corrected chi connectivity index (χ3v) is 2.74. The van der Waals surface area contributed by atoms with E-state index in [0.717, 1.165) is 25.3 Å². The second kappa shape index (κ2) is 5.87. The number of ether oxygens (including phenoxy) is 2. The summed E-state index contributed by atoms with van der Waals surface area (Å²) in [7, 11) is 0. The zero-order valence-corrected chi connectivity index (χ0v) is 9.74. The van der Waals surface area contributed by atoms with Crippen molar-refractivity contribution in [3.8, 4) is 5.75 Å². The molecule has 1 atom stereocenters. The maximum Gasteiger partial charge on any atom is 0.119 e. The third-order valence-electron chi connectivity index (χ3n) is 2.74. The van der Waals surface area contributed by atoms with Crippen LogP contribution < -0.4 is 10.1 Å². The van der Waals surface area contributed by atoms with E-state index in [9.17, 15) is 0 Å². The SMILES string of the molecule is CCOc1ccc(CO[C@H]2CCNC2)cc1. The van der Waals surface area contributed by atoms with Crippen molar-refractivity contribution in [2.24, 2.45) is 0 Å². The monoisotopic (exact) mass is 221 g/mol. The minimum absolute atomic E-state index is 0.381. The molecule has 0 aromatic heterocycles. The van der Waals surface area contributed by atoms with Crippen LogP contribution in [-0.4, -0.2) is 25.8 Å². The highest BCUT2D eigenvalue weighted by Gasteiger charge is 2.14. The number of benzene rings is 1. The number of hydrogen-bond donors (Lipinski definition) is 1. The predicted octanol–water partition coefficient (Wildman–Crippen LogP) is 1.96. The van der Waals surface area contributed by atoms with Crippen LogP contribution in [-0.2, 0) is 11.3 Å². The minimum Gasteiger partial charge on any atom is -0.494 e. The van der Waals surface area contributed by atoms with Gasteiger partial charge in [0.2, 0.25) is 0 Å². The molecule has 3 nitrogen and oxygen atoms in total. The Morgan fingerprint density at radius 2 is 2.12 bits per heavy atom. The molecule has 0 radical (unpaired) electrons. The van der Waals surface area contributed by atoms with Gasteiger partial charge in [-0.25, -0.2) is 0 Å². The first-order chi connectivity index (χ1) is 7.88. The number of hydrogen-bond acceptors (Lipinski definition) is 3. The van der Waals surface area contributed by atoms with Crippen LogP contribution in [0.4, 0.5) is 0 Å². The van der Waals surface area contributed by atoms with E-state index in [1.807, 2.05) is 19.1 Å². The molecule has 0 amide bonds. The van der Waals surface area contributed by atoms with E-state index < -0.39 is 0 Å². The third kappa shape index (κ3) is 3.22. The summed E-state index contributed by atoms with van der Waals surface area (Å²) in [5.41, 5.74) is 1.20. The van der Waals surface area contributed by atoms with Gasteiger partial charge in [0.25, 0.3) is 0 Å². The standard InChI is InChI=1S/C13H19NO2/c1-2-15-12-5-3-11(4-6-12)10-16-13-7-8-14-9-13/h3-6,13-14H,2,7-10H2,1H3/t13-/m0/s1. The van der Waals surface area contributed by atoms with E-state index in [-0.39, 0.29) is 0 Å². The van der Waals surface area contributed by atoms with Gasteiger partial charge in [-0.15, -0.1) is 0 Å². The summed E-state index contributed by atoms with van der Waals surface area (Å²) in [5.74, 6) is 0.925. The Hall–Kier alpha value is -1.06. The molecule has 1 fully saturated rings. The Labute approximate surface area is 96.8 Å². The minimum atomic E-state index is 0.381. The largest absolute Gasteiger partial charge is 0.494 e. The molecule has 1 aromatic carbocycles. The van der Waals surface area contributed by atoms with Crippen molar-refractivity contribution in [1.29, 1.82) is 0 Å². The lowest BCUT2D eigenvalue weighted by atomic mass is 10.2. The van der Waals surface area contributed by atoms with Gasteiger partial charge in [0.05, 0.1) is 19.3 Å². The Morgan fingerprint density at radius 1 is 1.31 bits per heavy atom. The Bertz CT molecular complexity index is 304. The van der Waals surface area contributed by atoms with Crippen molar-refractivity contribution >= 4 is 0 Å². The van der Waals surface area contributed by atoms with Crippen molar-refractivity contribution < 1.29 is 9.47 Å². The molecule has 0 saturated carbocycles. The van der Waals surface area contributed by atoms with Crippen LogP contribution in [0, 0.1) is 0 Å². The maximum absolute atomic E-state index is 5.79. The molecule has 1 saturated heterocycles. The van der Waals surface area contributed by atoms with Crippen LogP contribution >= 0.6 is 0 Å². The molecule has 88 valence electrons. The Morgan fingerprint density at radius 3 is 2.75 bits per heavy atom. The molecule has 1 aliphatic heterocycles. The van der Waals surface area contributed by atoms with Gasteiger partial charge in [0.1, 0.15) is 5.75 Å². The average molecular weight is 221 g/mol. The normalized spacial score (nSPS) is 19.9.